The minimum Gasteiger partial charge on any atom is -0.371 e. The van der Waals surface area contributed by atoms with Gasteiger partial charge in [0.05, 0.1) is 5.92 Å². The van der Waals surface area contributed by atoms with Crippen LogP contribution in [0.3, 0.4) is 0 Å². The molecule has 2 nitrogen and oxygen atoms in total. The van der Waals surface area contributed by atoms with Gasteiger partial charge in [-0.3, -0.25) is 0 Å². The monoisotopic (exact) mass is 306 g/mol. The molecule has 1 aromatic carbocycles. The van der Waals surface area contributed by atoms with E-state index in [0.717, 1.165) is 11.3 Å². The first-order valence-electron chi connectivity index (χ1n) is 6.67. The van der Waals surface area contributed by atoms with Crippen molar-refractivity contribution < 1.29 is 13.2 Å². The minimum atomic E-state index is -4.12. The number of hydrogen-bond acceptors (Lipinski definition) is 2. The lowest BCUT2D eigenvalue weighted by molar-refractivity contribution is -0.176. The lowest BCUT2D eigenvalue weighted by Gasteiger charge is -2.36. The molecular formula is C14H18ClF3N2. The summed E-state index contributed by atoms with van der Waals surface area (Å²) in [6.07, 6.45) is -3.36. The first-order valence-corrected chi connectivity index (χ1v) is 7.05. The molecule has 0 spiro atoms. The predicted octanol–water partition coefficient (Wildman–Crippen LogP) is 3.84. The average molecular weight is 307 g/mol. The highest BCUT2D eigenvalue weighted by Crippen LogP contribution is 2.36. The molecule has 1 aliphatic rings. The van der Waals surface area contributed by atoms with Gasteiger partial charge in [0.2, 0.25) is 0 Å². The number of rotatable bonds is 3. The van der Waals surface area contributed by atoms with E-state index in [9.17, 15) is 13.2 Å². The Balaban J connectivity index is 2.25. The summed E-state index contributed by atoms with van der Waals surface area (Å²) in [5.41, 5.74) is 1.67. The molecule has 6 heteroatoms. The lowest BCUT2D eigenvalue weighted by atomic mass is 9.96. The molecule has 1 atom stereocenters. The van der Waals surface area contributed by atoms with Crippen molar-refractivity contribution in [3.05, 3.63) is 28.8 Å². The van der Waals surface area contributed by atoms with E-state index in [1.807, 2.05) is 6.07 Å². The molecule has 0 saturated carbocycles. The van der Waals surface area contributed by atoms with Crippen molar-refractivity contribution in [2.75, 3.05) is 25.0 Å². The Morgan fingerprint density at radius 1 is 1.40 bits per heavy atom. The van der Waals surface area contributed by atoms with E-state index in [1.54, 1.807) is 24.1 Å². The maximum Gasteiger partial charge on any atom is 0.393 e. The number of anilines is 1. The van der Waals surface area contributed by atoms with Gasteiger partial charge in [0.1, 0.15) is 0 Å². The van der Waals surface area contributed by atoms with E-state index < -0.39 is 12.1 Å². The largest absolute Gasteiger partial charge is 0.393 e. The van der Waals surface area contributed by atoms with Crippen LogP contribution >= 0.6 is 11.6 Å². The molecule has 0 amide bonds. The third kappa shape index (κ3) is 3.38. The van der Waals surface area contributed by atoms with E-state index in [1.165, 1.54) is 0 Å². The van der Waals surface area contributed by atoms with Gasteiger partial charge in [-0.2, -0.15) is 13.2 Å². The fourth-order valence-electron chi connectivity index (χ4n) is 2.66. The van der Waals surface area contributed by atoms with Crippen LogP contribution in [0.4, 0.5) is 18.9 Å². The topological polar surface area (TPSA) is 15.3 Å². The molecule has 112 valence electrons. The van der Waals surface area contributed by atoms with Crippen LogP contribution in [0, 0.1) is 5.92 Å². The molecule has 0 aliphatic carbocycles. The molecule has 0 aromatic heterocycles. The van der Waals surface area contributed by atoms with Crippen LogP contribution < -0.4 is 10.2 Å². The summed E-state index contributed by atoms with van der Waals surface area (Å²) in [7, 11) is 1.79. The molecule has 1 aliphatic heterocycles. The second-order valence-corrected chi connectivity index (χ2v) is 5.50. The molecule has 1 saturated heterocycles. The predicted molar refractivity (Wildman–Crippen MR) is 75.2 cm³/mol. The number of piperidine rings is 1. The van der Waals surface area contributed by atoms with Crippen molar-refractivity contribution in [3.8, 4) is 0 Å². The van der Waals surface area contributed by atoms with Crippen LogP contribution in [0.1, 0.15) is 18.4 Å². The highest BCUT2D eigenvalue weighted by Gasteiger charge is 2.42. The van der Waals surface area contributed by atoms with Crippen molar-refractivity contribution in [3.63, 3.8) is 0 Å². The Bertz CT molecular complexity index is 462. The van der Waals surface area contributed by atoms with Crippen molar-refractivity contribution in [2.45, 2.75) is 25.6 Å². The Labute approximate surface area is 121 Å². The smallest absolute Gasteiger partial charge is 0.371 e. The summed E-state index contributed by atoms with van der Waals surface area (Å²) in [5, 5.41) is 3.60. The van der Waals surface area contributed by atoms with Gasteiger partial charge >= 0.3 is 6.18 Å². The molecule has 1 N–H and O–H groups in total. The Kier molecular flexibility index (Phi) is 4.81. The Morgan fingerprint density at radius 2 is 2.15 bits per heavy atom. The summed E-state index contributed by atoms with van der Waals surface area (Å²) in [5.74, 6) is -1.25. The van der Waals surface area contributed by atoms with Crippen LogP contribution in [0.25, 0.3) is 0 Å². The van der Waals surface area contributed by atoms with Crippen molar-refractivity contribution in [2.24, 2.45) is 5.92 Å². The fraction of sp³-hybridized carbons (Fsp3) is 0.571. The van der Waals surface area contributed by atoms with Gasteiger partial charge in [0, 0.05) is 35.9 Å². The third-order valence-electron chi connectivity index (χ3n) is 3.67. The zero-order valence-corrected chi connectivity index (χ0v) is 12.1. The summed E-state index contributed by atoms with van der Waals surface area (Å²) in [4.78, 5) is 1.81. The van der Waals surface area contributed by atoms with E-state index in [4.69, 9.17) is 11.6 Å². The van der Waals surface area contributed by atoms with Crippen LogP contribution in [-0.2, 0) is 6.54 Å². The highest BCUT2D eigenvalue weighted by molar-refractivity contribution is 6.31. The maximum atomic E-state index is 12.9. The lowest BCUT2D eigenvalue weighted by Crippen LogP contribution is -2.42. The second kappa shape index (κ2) is 6.22. The fourth-order valence-corrected chi connectivity index (χ4v) is 2.89. The molecule has 1 fully saturated rings. The van der Waals surface area contributed by atoms with Gasteiger partial charge in [-0.15, -0.1) is 0 Å². The van der Waals surface area contributed by atoms with Crippen LogP contribution in [0.2, 0.25) is 5.02 Å². The van der Waals surface area contributed by atoms with E-state index in [2.05, 4.69) is 5.32 Å². The summed E-state index contributed by atoms with van der Waals surface area (Å²) >= 11 is 6.16. The van der Waals surface area contributed by atoms with Gasteiger partial charge in [0.25, 0.3) is 0 Å². The number of halogens is 4. The van der Waals surface area contributed by atoms with Crippen molar-refractivity contribution >= 4 is 17.3 Å². The Hall–Kier alpha value is -0.940. The van der Waals surface area contributed by atoms with Crippen molar-refractivity contribution in [1.29, 1.82) is 0 Å². The quantitative estimate of drug-likeness (QED) is 0.913. The van der Waals surface area contributed by atoms with E-state index >= 15 is 0 Å². The van der Waals surface area contributed by atoms with Gasteiger partial charge in [-0.1, -0.05) is 17.7 Å². The molecule has 1 heterocycles. The molecule has 20 heavy (non-hydrogen) atoms. The number of nitrogens with zero attached hydrogens (tertiary/aromatic N) is 1. The van der Waals surface area contributed by atoms with Gasteiger partial charge in [-0.25, -0.2) is 0 Å². The Morgan fingerprint density at radius 3 is 2.80 bits per heavy atom. The molecule has 0 bridgehead atoms. The van der Waals surface area contributed by atoms with Crippen molar-refractivity contribution in [1.82, 2.24) is 5.32 Å². The molecule has 1 unspecified atom stereocenters. The average Bonchev–Trinajstić information content (AvgIpc) is 2.40. The molecular weight excluding hydrogens is 289 g/mol. The second-order valence-electron chi connectivity index (χ2n) is 5.09. The zero-order chi connectivity index (χ0) is 14.8. The molecule has 2 rings (SSSR count). The van der Waals surface area contributed by atoms with E-state index in [-0.39, 0.29) is 13.0 Å². The maximum absolute atomic E-state index is 12.9. The number of nitrogens with one attached hydrogen (secondary N) is 1. The van der Waals surface area contributed by atoms with Crippen LogP contribution in [0.5, 0.6) is 0 Å². The number of benzene rings is 1. The minimum absolute atomic E-state index is 0.0144. The number of hydrogen-bond donors (Lipinski definition) is 1. The summed E-state index contributed by atoms with van der Waals surface area (Å²) in [6.45, 7) is 1.20. The highest BCUT2D eigenvalue weighted by atomic mass is 35.5. The van der Waals surface area contributed by atoms with Crippen LogP contribution in [0.15, 0.2) is 18.2 Å². The summed E-state index contributed by atoms with van der Waals surface area (Å²) in [6, 6.07) is 5.40. The van der Waals surface area contributed by atoms with Crippen LogP contribution in [-0.4, -0.2) is 26.3 Å². The standard InChI is InChI=1S/C14H18ClF3N2/c1-19-8-11-12(15)5-2-6-13(11)20-7-3-4-10(9-20)14(16,17)18/h2,5-6,10,19H,3-4,7-9H2,1H3. The van der Waals surface area contributed by atoms with Gasteiger partial charge in [-0.05, 0) is 32.0 Å². The summed E-state index contributed by atoms with van der Waals surface area (Å²) < 4.78 is 38.7. The normalized spacial score (nSPS) is 20.2. The third-order valence-corrected chi connectivity index (χ3v) is 4.03. The van der Waals surface area contributed by atoms with Gasteiger partial charge in [0.15, 0.2) is 0 Å². The van der Waals surface area contributed by atoms with E-state index in [0.29, 0.717) is 24.5 Å². The zero-order valence-electron chi connectivity index (χ0n) is 11.3. The number of alkyl halides is 3. The molecule has 0 radical (unpaired) electrons. The SMILES string of the molecule is CNCc1c(Cl)cccc1N1CCCC(C(F)(F)F)C1. The molecule has 1 aromatic rings. The first-order chi connectivity index (χ1) is 9.43. The van der Waals surface area contributed by atoms with Gasteiger partial charge < -0.3 is 10.2 Å². The first kappa shape index (κ1) is 15.4.